The van der Waals surface area contributed by atoms with Crippen molar-refractivity contribution < 1.29 is 4.42 Å². The summed E-state index contributed by atoms with van der Waals surface area (Å²) in [4.78, 5) is 11.4. The van der Waals surface area contributed by atoms with E-state index >= 15 is 0 Å². The number of nitrogen functional groups attached to an aromatic ring is 1. The van der Waals surface area contributed by atoms with Crippen molar-refractivity contribution >= 4 is 39.7 Å². The molecule has 2 bridgehead atoms. The molecule has 2 aromatic heterocycles. The van der Waals surface area contributed by atoms with E-state index in [1.165, 1.54) is 0 Å². The molecule has 2 N–H and O–H groups in total. The number of hydrogen-bond acceptors (Lipinski definition) is 3. The van der Waals surface area contributed by atoms with Crippen molar-refractivity contribution in [1.29, 1.82) is 0 Å². The van der Waals surface area contributed by atoms with E-state index in [1.54, 1.807) is 6.07 Å². The zero-order valence-corrected chi connectivity index (χ0v) is 8.25. The van der Waals surface area contributed by atoms with Crippen LogP contribution in [0.4, 0.5) is 5.69 Å². The Kier molecular flexibility index (Phi) is 1.19. The van der Waals surface area contributed by atoms with Gasteiger partial charge in [-0.25, -0.2) is 0 Å². The summed E-state index contributed by atoms with van der Waals surface area (Å²) in [6, 6.07) is 5.67. The third-order valence-corrected chi connectivity index (χ3v) is 4.52. The second kappa shape index (κ2) is 2.16. The monoisotopic (exact) mass is 239 g/mol. The summed E-state index contributed by atoms with van der Waals surface area (Å²) in [6.45, 7) is 0. The maximum atomic E-state index is 11.4. The van der Waals surface area contributed by atoms with E-state index in [9.17, 15) is 4.79 Å². The quantitative estimate of drug-likeness (QED) is 0.470. The summed E-state index contributed by atoms with van der Waals surface area (Å²) in [5, 5.41) is 0.942. The van der Waals surface area contributed by atoms with Crippen LogP contribution in [-0.2, 0) is 0 Å². The molecule has 0 aliphatic heterocycles. The Balaban J connectivity index is 2.86. The second-order valence-electron chi connectivity index (χ2n) is 2.86. The molecule has 3 nitrogen and oxygen atoms in total. The Bertz CT molecular complexity index is 637. The molecule has 2 heterocycles. The van der Waals surface area contributed by atoms with E-state index in [1.807, 2.05) is 12.1 Å². The molecule has 4 heteroatoms. The summed E-state index contributed by atoms with van der Waals surface area (Å²) in [7, 11) is 0. The molecule has 0 saturated carbocycles. The summed E-state index contributed by atoms with van der Waals surface area (Å²) in [5.74, 6) is 0. The molecule has 0 fully saturated rings. The molecule has 0 aliphatic carbocycles. The van der Waals surface area contributed by atoms with Crippen LogP contribution in [0.15, 0.2) is 27.4 Å². The molecule has 0 saturated heterocycles. The third kappa shape index (κ3) is 0.767. The van der Waals surface area contributed by atoms with Gasteiger partial charge in [0.25, 0.3) is 0 Å². The van der Waals surface area contributed by atoms with Gasteiger partial charge in [0.2, 0.25) is 0 Å². The second-order valence-corrected chi connectivity index (χ2v) is 5.07. The fourth-order valence-electron chi connectivity index (χ4n) is 1.52. The van der Waals surface area contributed by atoms with Crippen LogP contribution >= 0.6 is 0 Å². The van der Waals surface area contributed by atoms with Crippen LogP contribution in [0.5, 0.6) is 0 Å². The van der Waals surface area contributed by atoms with Crippen LogP contribution in [0.1, 0.15) is 0 Å². The number of fused-ring (bicyclic) bond motifs is 1. The Labute approximate surface area is 78.8 Å². The predicted molar refractivity (Wildman–Crippen MR) is 52.5 cm³/mol. The van der Waals surface area contributed by atoms with E-state index in [4.69, 9.17) is 10.2 Å². The number of anilines is 1. The SMILES string of the molecule is Nc1c2[se]c3cccc(oc2=O)c13. The third-order valence-electron chi connectivity index (χ3n) is 2.10. The summed E-state index contributed by atoms with van der Waals surface area (Å²) in [5.41, 5.74) is 6.80. The first kappa shape index (κ1) is 7.18. The minimum atomic E-state index is -0.272. The zero-order chi connectivity index (χ0) is 9.00. The number of nitrogens with two attached hydrogens (primary N) is 1. The van der Waals surface area contributed by atoms with Crippen molar-refractivity contribution in [3.8, 4) is 0 Å². The van der Waals surface area contributed by atoms with Crippen molar-refractivity contribution in [1.82, 2.24) is 0 Å². The molecule has 0 radical (unpaired) electrons. The normalized spacial score (nSPS) is 11.7. The molecule has 13 heavy (non-hydrogen) atoms. The van der Waals surface area contributed by atoms with Crippen LogP contribution < -0.4 is 11.4 Å². The molecular formula is C9H5NO2Se. The van der Waals surface area contributed by atoms with Gasteiger partial charge in [0.1, 0.15) is 0 Å². The standard InChI is InChI=1S/C9H5NO2Se/c10-7-6-4-2-1-3-5(6)13-8(7)9(11)12-4/h1-3H,10H2. The number of benzene rings is 1. The first-order valence-corrected chi connectivity index (χ1v) is 5.52. The van der Waals surface area contributed by atoms with Crippen molar-refractivity contribution in [2.75, 3.05) is 5.73 Å². The van der Waals surface area contributed by atoms with E-state index < -0.39 is 0 Å². The molecule has 0 spiro atoms. The van der Waals surface area contributed by atoms with Crippen molar-refractivity contribution in [2.24, 2.45) is 0 Å². The fraction of sp³-hybridized carbons (Fsp3) is 0. The predicted octanol–water partition coefficient (Wildman–Crippen LogP) is 1.02. The Morgan fingerprint density at radius 3 is 3.08 bits per heavy atom. The molecule has 3 aromatic rings. The molecule has 0 unspecified atom stereocenters. The van der Waals surface area contributed by atoms with Crippen molar-refractivity contribution in [3.05, 3.63) is 28.6 Å². The molecule has 3 rings (SSSR count). The Morgan fingerprint density at radius 2 is 2.23 bits per heavy atom. The van der Waals surface area contributed by atoms with Gasteiger partial charge in [-0.1, -0.05) is 0 Å². The van der Waals surface area contributed by atoms with Gasteiger partial charge in [-0.2, -0.15) is 0 Å². The molecule has 0 atom stereocenters. The van der Waals surface area contributed by atoms with E-state index in [2.05, 4.69) is 0 Å². The molecule has 64 valence electrons. The van der Waals surface area contributed by atoms with Crippen molar-refractivity contribution in [3.63, 3.8) is 0 Å². The first-order chi connectivity index (χ1) is 6.27. The minimum absolute atomic E-state index is 0.0447. The van der Waals surface area contributed by atoms with Gasteiger partial charge in [-0.15, -0.1) is 0 Å². The van der Waals surface area contributed by atoms with Gasteiger partial charge in [-0.3, -0.25) is 0 Å². The van der Waals surface area contributed by atoms with Gasteiger partial charge in [0.15, 0.2) is 0 Å². The fourth-order valence-corrected chi connectivity index (χ4v) is 3.65. The number of hydrogen-bond donors (Lipinski definition) is 1. The first-order valence-electron chi connectivity index (χ1n) is 3.80. The van der Waals surface area contributed by atoms with E-state index in [0.29, 0.717) is 15.5 Å². The summed E-state index contributed by atoms with van der Waals surface area (Å²) < 4.78 is 6.93. The van der Waals surface area contributed by atoms with Crippen LogP contribution in [0, 0.1) is 0 Å². The Hall–Kier alpha value is -1.25. The van der Waals surface area contributed by atoms with Gasteiger partial charge in [0, 0.05) is 0 Å². The van der Waals surface area contributed by atoms with Crippen LogP contribution in [0.25, 0.3) is 19.5 Å². The van der Waals surface area contributed by atoms with Crippen molar-refractivity contribution in [2.45, 2.75) is 0 Å². The van der Waals surface area contributed by atoms with Gasteiger partial charge in [-0.05, 0) is 0 Å². The van der Waals surface area contributed by atoms with Gasteiger partial charge < -0.3 is 0 Å². The van der Waals surface area contributed by atoms with E-state index in [-0.39, 0.29) is 20.1 Å². The van der Waals surface area contributed by atoms with Gasteiger partial charge in [0.05, 0.1) is 0 Å². The molecule has 1 aromatic carbocycles. The topological polar surface area (TPSA) is 56.2 Å². The van der Waals surface area contributed by atoms with Crippen LogP contribution in [0.2, 0.25) is 0 Å². The maximum absolute atomic E-state index is 11.4. The average Bonchev–Trinajstić information content (AvgIpc) is 2.40. The van der Waals surface area contributed by atoms with Crippen LogP contribution in [-0.4, -0.2) is 14.5 Å². The zero-order valence-electron chi connectivity index (χ0n) is 6.53. The van der Waals surface area contributed by atoms with Gasteiger partial charge >= 0.3 is 78.5 Å². The molecule has 0 amide bonds. The number of rotatable bonds is 0. The summed E-state index contributed by atoms with van der Waals surface area (Å²) in [6.07, 6.45) is 0. The molecule has 0 aliphatic rings. The van der Waals surface area contributed by atoms with Crippen LogP contribution in [0.3, 0.4) is 0 Å². The molecular weight excluding hydrogens is 233 g/mol. The summed E-state index contributed by atoms with van der Waals surface area (Å²) >= 11 is 0.0447. The Morgan fingerprint density at radius 1 is 1.38 bits per heavy atom. The average molecular weight is 238 g/mol. The van der Waals surface area contributed by atoms with E-state index in [0.717, 1.165) is 9.65 Å².